The summed E-state index contributed by atoms with van der Waals surface area (Å²) in [5, 5.41) is 3.51. The van der Waals surface area contributed by atoms with Crippen LogP contribution >= 0.6 is 0 Å². The monoisotopic (exact) mass is 294 g/mol. The SMILES string of the molecule is CCCOc1ccnc(N(CCOC)CC2CCCN2)n1. The maximum absolute atomic E-state index is 5.60. The van der Waals surface area contributed by atoms with E-state index in [9.17, 15) is 0 Å². The molecule has 1 unspecified atom stereocenters. The van der Waals surface area contributed by atoms with Crippen LogP contribution in [-0.4, -0.2) is 56.0 Å². The fourth-order valence-electron chi connectivity index (χ4n) is 2.42. The zero-order valence-electron chi connectivity index (χ0n) is 13.0. The number of rotatable bonds is 9. The van der Waals surface area contributed by atoms with Gasteiger partial charge in [0.15, 0.2) is 0 Å². The van der Waals surface area contributed by atoms with Crippen molar-refractivity contribution in [3.05, 3.63) is 12.3 Å². The Morgan fingerprint density at radius 1 is 1.43 bits per heavy atom. The Labute approximate surface area is 126 Å². The molecule has 1 saturated heterocycles. The number of nitrogens with one attached hydrogen (secondary N) is 1. The highest BCUT2D eigenvalue weighted by Crippen LogP contribution is 2.15. The first-order valence-electron chi connectivity index (χ1n) is 7.76. The molecule has 21 heavy (non-hydrogen) atoms. The van der Waals surface area contributed by atoms with Gasteiger partial charge in [0.05, 0.1) is 13.2 Å². The van der Waals surface area contributed by atoms with Gasteiger partial charge in [0, 0.05) is 38.5 Å². The molecule has 0 bridgehead atoms. The van der Waals surface area contributed by atoms with Gasteiger partial charge in [-0.2, -0.15) is 4.98 Å². The summed E-state index contributed by atoms with van der Waals surface area (Å²) in [6, 6.07) is 2.31. The lowest BCUT2D eigenvalue weighted by Gasteiger charge is -2.25. The van der Waals surface area contributed by atoms with E-state index in [4.69, 9.17) is 9.47 Å². The van der Waals surface area contributed by atoms with Crippen LogP contribution in [0.4, 0.5) is 5.95 Å². The first kappa shape index (κ1) is 16.0. The van der Waals surface area contributed by atoms with Crippen molar-refractivity contribution >= 4 is 5.95 Å². The van der Waals surface area contributed by atoms with Gasteiger partial charge in [0.1, 0.15) is 0 Å². The maximum Gasteiger partial charge on any atom is 0.228 e. The summed E-state index contributed by atoms with van der Waals surface area (Å²) >= 11 is 0. The summed E-state index contributed by atoms with van der Waals surface area (Å²) in [6.07, 6.45) is 5.17. The topological polar surface area (TPSA) is 59.5 Å². The molecule has 1 aliphatic heterocycles. The Kier molecular flexibility index (Phi) is 6.69. The summed E-state index contributed by atoms with van der Waals surface area (Å²) < 4.78 is 10.8. The second kappa shape index (κ2) is 8.79. The Bertz CT molecular complexity index is 410. The van der Waals surface area contributed by atoms with Crippen LogP contribution in [0.15, 0.2) is 12.3 Å². The average Bonchev–Trinajstić information content (AvgIpc) is 3.02. The highest BCUT2D eigenvalue weighted by Gasteiger charge is 2.19. The van der Waals surface area contributed by atoms with Crippen LogP contribution in [0.5, 0.6) is 5.88 Å². The van der Waals surface area contributed by atoms with E-state index in [1.807, 2.05) is 6.07 Å². The zero-order valence-corrected chi connectivity index (χ0v) is 13.0. The molecule has 1 N–H and O–H groups in total. The normalized spacial score (nSPS) is 17.9. The molecular formula is C15H26N4O2. The van der Waals surface area contributed by atoms with Crippen molar-refractivity contribution in [3.63, 3.8) is 0 Å². The van der Waals surface area contributed by atoms with Crippen molar-refractivity contribution in [2.24, 2.45) is 0 Å². The fourth-order valence-corrected chi connectivity index (χ4v) is 2.42. The van der Waals surface area contributed by atoms with Crippen LogP contribution in [0, 0.1) is 0 Å². The molecule has 1 aromatic rings. The molecule has 0 aromatic carbocycles. The second-order valence-electron chi connectivity index (χ2n) is 5.28. The smallest absolute Gasteiger partial charge is 0.228 e. The maximum atomic E-state index is 5.60. The molecule has 1 aromatic heterocycles. The van der Waals surface area contributed by atoms with Gasteiger partial charge in [-0.1, -0.05) is 6.92 Å². The average molecular weight is 294 g/mol. The first-order chi connectivity index (χ1) is 10.3. The van der Waals surface area contributed by atoms with E-state index >= 15 is 0 Å². The van der Waals surface area contributed by atoms with Crippen LogP contribution in [-0.2, 0) is 4.74 Å². The zero-order chi connectivity index (χ0) is 14.9. The molecule has 1 fully saturated rings. The summed E-state index contributed by atoms with van der Waals surface area (Å²) in [4.78, 5) is 11.1. The van der Waals surface area contributed by atoms with Gasteiger partial charge in [-0.25, -0.2) is 4.98 Å². The van der Waals surface area contributed by atoms with Crippen LogP contribution in [0.2, 0.25) is 0 Å². The van der Waals surface area contributed by atoms with Crippen LogP contribution in [0.3, 0.4) is 0 Å². The van der Waals surface area contributed by atoms with Gasteiger partial charge >= 0.3 is 0 Å². The molecular weight excluding hydrogens is 268 g/mol. The fraction of sp³-hybridized carbons (Fsp3) is 0.733. The molecule has 0 aliphatic carbocycles. The lowest BCUT2D eigenvalue weighted by Crippen LogP contribution is -2.40. The summed E-state index contributed by atoms with van der Waals surface area (Å²) in [7, 11) is 1.72. The Morgan fingerprint density at radius 3 is 3.05 bits per heavy atom. The van der Waals surface area contributed by atoms with Gasteiger partial charge in [-0.05, 0) is 25.8 Å². The molecule has 0 amide bonds. The number of ether oxygens (including phenoxy) is 2. The Balaban J connectivity index is 2.03. The molecule has 0 spiro atoms. The minimum Gasteiger partial charge on any atom is -0.478 e. The van der Waals surface area contributed by atoms with Crippen LogP contribution in [0.1, 0.15) is 26.2 Å². The molecule has 1 aliphatic rings. The third-order valence-electron chi connectivity index (χ3n) is 3.52. The van der Waals surface area contributed by atoms with Crippen molar-refractivity contribution < 1.29 is 9.47 Å². The predicted octanol–water partition coefficient (Wildman–Crippen LogP) is 1.47. The van der Waals surface area contributed by atoms with Crippen molar-refractivity contribution in [1.82, 2.24) is 15.3 Å². The molecule has 0 radical (unpaired) electrons. The number of nitrogens with zero attached hydrogens (tertiary/aromatic N) is 3. The van der Waals surface area contributed by atoms with Gasteiger partial charge < -0.3 is 19.7 Å². The third-order valence-corrected chi connectivity index (χ3v) is 3.52. The number of anilines is 1. The quantitative estimate of drug-likeness (QED) is 0.744. The molecule has 2 heterocycles. The van der Waals surface area contributed by atoms with E-state index in [1.165, 1.54) is 12.8 Å². The first-order valence-corrected chi connectivity index (χ1v) is 7.76. The van der Waals surface area contributed by atoms with Gasteiger partial charge in [0.2, 0.25) is 11.8 Å². The van der Waals surface area contributed by atoms with E-state index < -0.39 is 0 Å². The van der Waals surface area contributed by atoms with E-state index in [0.717, 1.165) is 26.1 Å². The minimum atomic E-state index is 0.505. The highest BCUT2D eigenvalue weighted by molar-refractivity contribution is 5.32. The van der Waals surface area contributed by atoms with Gasteiger partial charge in [-0.3, -0.25) is 0 Å². The van der Waals surface area contributed by atoms with Crippen molar-refractivity contribution in [3.8, 4) is 5.88 Å². The molecule has 6 nitrogen and oxygen atoms in total. The molecule has 118 valence electrons. The van der Waals surface area contributed by atoms with Gasteiger partial charge in [0.25, 0.3) is 0 Å². The summed E-state index contributed by atoms with van der Waals surface area (Å²) in [5.74, 6) is 1.36. The lowest BCUT2D eigenvalue weighted by molar-refractivity contribution is 0.204. The Morgan fingerprint density at radius 2 is 2.33 bits per heavy atom. The number of hydrogen-bond donors (Lipinski definition) is 1. The highest BCUT2D eigenvalue weighted by atomic mass is 16.5. The largest absolute Gasteiger partial charge is 0.478 e. The lowest BCUT2D eigenvalue weighted by atomic mass is 10.2. The standard InChI is InChI=1S/C15H26N4O2/c1-3-10-21-14-6-8-17-15(18-14)19(9-11-20-2)12-13-5-4-7-16-13/h6,8,13,16H,3-5,7,9-12H2,1-2H3. The van der Waals surface area contributed by atoms with Crippen molar-refractivity contribution in [2.45, 2.75) is 32.2 Å². The van der Waals surface area contributed by atoms with Crippen molar-refractivity contribution in [2.75, 3.05) is 44.9 Å². The summed E-state index contributed by atoms with van der Waals surface area (Å²) in [6.45, 7) is 6.21. The minimum absolute atomic E-state index is 0.505. The third kappa shape index (κ3) is 5.13. The number of methoxy groups -OCH3 is 1. The summed E-state index contributed by atoms with van der Waals surface area (Å²) in [5.41, 5.74) is 0. The van der Waals surface area contributed by atoms with Gasteiger partial charge in [-0.15, -0.1) is 0 Å². The molecule has 6 heteroatoms. The van der Waals surface area contributed by atoms with E-state index in [0.29, 0.717) is 31.1 Å². The van der Waals surface area contributed by atoms with Crippen LogP contribution < -0.4 is 15.0 Å². The van der Waals surface area contributed by atoms with Crippen molar-refractivity contribution in [1.29, 1.82) is 0 Å². The molecule has 1 atom stereocenters. The number of hydrogen-bond acceptors (Lipinski definition) is 6. The molecule has 0 saturated carbocycles. The van der Waals surface area contributed by atoms with E-state index in [1.54, 1.807) is 13.3 Å². The Hall–Kier alpha value is -1.40. The second-order valence-corrected chi connectivity index (χ2v) is 5.28. The molecule has 2 rings (SSSR count). The predicted molar refractivity (Wildman–Crippen MR) is 82.9 cm³/mol. The van der Waals surface area contributed by atoms with E-state index in [-0.39, 0.29) is 0 Å². The van der Waals surface area contributed by atoms with E-state index in [2.05, 4.69) is 27.1 Å². The van der Waals surface area contributed by atoms with Crippen LogP contribution in [0.25, 0.3) is 0 Å². The number of aromatic nitrogens is 2.